The Morgan fingerprint density at radius 2 is 1.96 bits per heavy atom. The Labute approximate surface area is 138 Å². The van der Waals surface area contributed by atoms with Crippen molar-refractivity contribution in [3.05, 3.63) is 58.3 Å². The molecule has 7 nitrogen and oxygen atoms in total. The summed E-state index contributed by atoms with van der Waals surface area (Å²) in [5.74, 6) is -0.653. The molecule has 0 aliphatic carbocycles. The van der Waals surface area contributed by atoms with Crippen molar-refractivity contribution in [1.29, 1.82) is 0 Å². The van der Waals surface area contributed by atoms with Crippen LogP contribution in [0.5, 0.6) is 0 Å². The van der Waals surface area contributed by atoms with Gasteiger partial charge in [0, 0.05) is 24.5 Å². The van der Waals surface area contributed by atoms with E-state index >= 15 is 0 Å². The first kappa shape index (κ1) is 15.9. The maximum atomic E-state index is 12.6. The van der Waals surface area contributed by atoms with Gasteiger partial charge in [0.1, 0.15) is 12.1 Å². The van der Waals surface area contributed by atoms with Crippen LogP contribution in [0.2, 0.25) is 0 Å². The van der Waals surface area contributed by atoms with Crippen LogP contribution in [0.15, 0.2) is 41.6 Å². The summed E-state index contributed by atoms with van der Waals surface area (Å²) in [6.07, 6.45) is 2.45. The Bertz CT molecular complexity index is 828. The van der Waals surface area contributed by atoms with Crippen LogP contribution in [0, 0.1) is 6.92 Å². The fourth-order valence-electron chi connectivity index (χ4n) is 2.75. The molecule has 0 bridgehead atoms. The third-order valence-electron chi connectivity index (χ3n) is 4.14. The van der Waals surface area contributed by atoms with Crippen LogP contribution < -0.4 is 10.5 Å². The van der Waals surface area contributed by atoms with Gasteiger partial charge in [-0.2, -0.15) is 0 Å². The van der Waals surface area contributed by atoms with Crippen molar-refractivity contribution in [2.75, 3.05) is 18.0 Å². The minimum absolute atomic E-state index is 0.0547. The second-order valence-corrected chi connectivity index (χ2v) is 5.92. The topological polar surface area (TPSA) is 86.4 Å². The van der Waals surface area contributed by atoms with E-state index in [1.165, 1.54) is 17.4 Å². The molecular weight excluding hydrogens is 308 g/mol. The Hall–Kier alpha value is -2.96. The summed E-state index contributed by atoms with van der Waals surface area (Å²) in [6, 6.07) is 7.46. The molecule has 1 fully saturated rings. The SMILES string of the molecule is Cc1ccc(N2CC(C)N(C(=O)c3cnc[nH]c3=O)CC2=O)cc1. The van der Waals surface area contributed by atoms with Crippen LogP contribution in [0.1, 0.15) is 22.8 Å². The number of aromatic amines is 1. The second kappa shape index (κ2) is 6.27. The smallest absolute Gasteiger partial charge is 0.263 e. The van der Waals surface area contributed by atoms with E-state index < -0.39 is 11.5 Å². The molecular formula is C17H18N4O3. The molecule has 124 valence electrons. The van der Waals surface area contributed by atoms with Gasteiger partial charge in [-0.25, -0.2) is 4.98 Å². The number of hydrogen-bond acceptors (Lipinski definition) is 4. The molecule has 0 saturated carbocycles. The molecule has 1 atom stereocenters. The molecule has 3 rings (SSSR count). The zero-order valence-corrected chi connectivity index (χ0v) is 13.5. The standard InChI is InChI=1S/C17H18N4O3/c1-11-3-5-13(6-4-11)21-8-12(2)20(9-15(21)22)17(24)14-7-18-10-19-16(14)23/h3-7,10,12H,8-9H2,1-2H3,(H,18,19,23). The number of aryl methyl sites for hydroxylation is 1. The number of anilines is 1. The molecule has 1 saturated heterocycles. The van der Waals surface area contributed by atoms with E-state index in [0.29, 0.717) is 6.54 Å². The number of carbonyl (C=O) groups is 2. The highest BCUT2D eigenvalue weighted by atomic mass is 16.2. The molecule has 7 heteroatoms. The number of carbonyl (C=O) groups excluding carboxylic acids is 2. The molecule has 2 aromatic rings. The molecule has 2 heterocycles. The van der Waals surface area contributed by atoms with Crippen LogP contribution >= 0.6 is 0 Å². The fraction of sp³-hybridized carbons (Fsp3) is 0.294. The summed E-state index contributed by atoms with van der Waals surface area (Å²) in [5, 5.41) is 0. The average Bonchev–Trinajstić information content (AvgIpc) is 2.57. The number of H-pyrrole nitrogens is 1. The van der Waals surface area contributed by atoms with Crippen molar-refractivity contribution in [3.8, 4) is 0 Å². The summed E-state index contributed by atoms with van der Waals surface area (Å²) in [6.45, 7) is 4.15. The molecule has 1 aromatic carbocycles. The first-order chi connectivity index (χ1) is 11.5. The number of hydrogen-bond donors (Lipinski definition) is 1. The minimum atomic E-state index is -0.504. The Kier molecular flexibility index (Phi) is 4.16. The van der Waals surface area contributed by atoms with Crippen molar-refractivity contribution >= 4 is 17.5 Å². The lowest BCUT2D eigenvalue weighted by molar-refractivity contribution is -0.121. The van der Waals surface area contributed by atoms with E-state index in [4.69, 9.17) is 0 Å². The van der Waals surface area contributed by atoms with Crippen molar-refractivity contribution in [2.45, 2.75) is 19.9 Å². The van der Waals surface area contributed by atoms with Gasteiger partial charge in [-0.05, 0) is 26.0 Å². The van der Waals surface area contributed by atoms with E-state index in [0.717, 1.165) is 11.3 Å². The van der Waals surface area contributed by atoms with Gasteiger partial charge in [0.05, 0.1) is 6.33 Å². The third-order valence-corrected chi connectivity index (χ3v) is 4.14. The van der Waals surface area contributed by atoms with Gasteiger partial charge in [0.2, 0.25) is 5.91 Å². The first-order valence-electron chi connectivity index (χ1n) is 7.68. The first-order valence-corrected chi connectivity index (χ1v) is 7.68. The average molecular weight is 326 g/mol. The maximum absolute atomic E-state index is 12.6. The second-order valence-electron chi connectivity index (χ2n) is 5.92. The number of rotatable bonds is 2. The van der Waals surface area contributed by atoms with Crippen molar-refractivity contribution < 1.29 is 9.59 Å². The van der Waals surface area contributed by atoms with E-state index in [1.54, 1.807) is 4.90 Å². The Morgan fingerprint density at radius 1 is 1.25 bits per heavy atom. The van der Waals surface area contributed by atoms with Crippen molar-refractivity contribution in [1.82, 2.24) is 14.9 Å². The third kappa shape index (κ3) is 2.92. The molecule has 1 aliphatic heterocycles. The number of nitrogens with one attached hydrogen (secondary N) is 1. The van der Waals surface area contributed by atoms with Crippen molar-refractivity contribution in [3.63, 3.8) is 0 Å². The van der Waals surface area contributed by atoms with Gasteiger partial charge in [-0.1, -0.05) is 17.7 Å². The molecule has 1 aliphatic rings. The largest absolute Gasteiger partial charge is 0.325 e. The van der Waals surface area contributed by atoms with Crippen molar-refractivity contribution in [2.24, 2.45) is 0 Å². The lowest BCUT2D eigenvalue weighted by Gasteiger charge is -2.39. The summed E-state index contributed by atoms with van der Waals surface area (Å²) >= 11 is 0. The van der Waals surface area contributed by atoms with E-state index in [1.807, 2.05) is 38.1 Å². The van der Waals surface area contributed by atoms with Crippen LogP contribution in [0.3, 0.4) is 0 Å². The van der Waals surface area contributed by atoms with Crippen LogP contribution in [0.25, 0.3) is 0 Å². The molecule has 2 amide bonds. The summed E-state index contributed by atoms with van der Waals surface area (Å²) in [4.78, 5) is 46.1. The number of amides is 2. The van der Waals surface area contributed by atoms with Gasteiger partial charge in [-0.3, -0.25) is 14.4 Å². The highest BCUT2D eigenvalue weighted by Crippen LogP contribution is 2.21. The molecule has 0 radical (unpaired) electrons. The lowest BCUT2D eigenvalue weighted by atomic mass is 10.1. The van der Waals surface area contributed by atoms with Gasteiger partial charge in [0.15, 0.2) is 0 Å². The number of benzene rings is 1. The predicted octanol–water partition coefficient (Wildman–Crippen LogP) is 0.956. The zero-order valence-electron chi connectivity index (χ0n) is 13.5. The lowest BCUT2D eigenvalue weighted by Crippen LogP contribution is -2.57. The van der Waals surface area contributed by atoms with E-state index in [9.17, 15) is 14.4 Å². The normalized spacial score (nSPS) is 17.9. The van der Waals surface area contributed by atoms with E-state index in [2.05, 4.69) is 9.97 Å². The number of aromatic nitrogens is 2. The highest BCUT2D eigenvalue weighted by molar-refractivity contribution is 6.01. The zero-order chi connectivity index (χ0) is 17.3. The Balaban J connectivity index is 1.82. The molecule has 1 aromatic heterocycles. The summed E-state index contributed by atoms with van der Waals surface area (Å²) < 4.78 is 0. The molecule has 1 unspecified atom stereocenters. The predicted molar refractivity (Wildman–Crippen MR) is 88.9 cm³/mol. The van der Waals surface area contributed by atoms with Gasteiger partial charge >= 0.3 is 0 Å². The van der Waals surface area contributed by atoms with Crippen LogP contribution in [-0.2, 0) is 4.79 Å². The summed E-state index contributed by atoms with van der Waals surface area (Å²) in [7, 11) is 0. The number of nitrogens with zero attached hydrogens (tertiary/aromatic N) is 3. The summed E-state index contributed by atoms with van der Waals surface area (Å²) in [5.41, 5.74) is 1.36. The molecule has 1 N–H and O–H groups in total. The Morgan fingerprint density at radius 3 is 2.62 bits per heavy atom. The molecule has 24 heavy (non-hydrogen) atoms. The van der Waals surface area contributed by atoms with Gasteiger partial charge in [0.25, 0.3) is 11.5 Å². The molecule has 0 spiro atoms. The monoisotopic (exact) mass is 326 g/mol. The maximum Gasteiger partial charge on any atom is 0.263 e. The quantitative estimate of drug-likeness (QED) is 0.890. The fourth-order valence-corrected chi connectivity index (χ4v) is 2.75. The minimum Gasteiger partial charge on any atom is -0.325 e. The number of piperazine rings is 1. The highest BCUT2D eigenvalue weighted by Gasteiger charge is 2.34. The van der Waals surface area contributed by atoms with Crippen LogP contribution in [-0.4, -0.2) is 45.8 Å². The van der Waals surface area contributed by atoms with Gasteiger partial charge < -0.3 is 14.8 Å². The van der Waals surface area contributed by atoms with Crippen LogP contribution in [0.4, 0.5) is 5.69 Å². The van der Waals surface area contributed by atoms with E-state index in [-0.39, 0.29) is 24.1 Å². The van der Waals surface area contributed by atoms with Gasteiger partial charge in [-0.15, -0.1) is 0 Å².